The van der Waals surface area contributed by atoms with Gasteiger partial charge in [0.1, 0.15) is 0 Å². The van der Waals surface area contributed by atoms with Crippen LogP contribution in [0.5, 0.6) is 0 Å². The molecule has 0 spiro atoms. The van der Waals surface area contributed by atoms with Crippen LogP contribution in [0.4, 0.5) is 0 Å². The van der Waals surface area contributed by atoms with Crippen molar-refractivity contribution in [3.8, 4) is 0 Å². The van der Waals surface area contributed by atoms with Gasteiger partial charge >= 0.3 is 0 Å². The number of hydrogen-bond donors (Lipinski definition) is 1. The smallest absolute Gasteiger partial charge is 0.251 e. The van der Waals surface area contributed by atoms with Crippen molar-refractivity contribution >= 4 is 5.91 Å². The van der Waals surface area contributed by atoms with Crippen LogP contribution in [0.3, 0.4) is 0 Å². The summed E-state index contributed by atoms with van der Waals surface area (Å²) >= 11 is 0. The molecule has 1 aliphatic carbocycles. The molecule has 0 aromatic heterocycles. The van der Waals surface area contributed by atoms with Gasteiger partial charge in [-0.15, -0.1) is 0 Å². The Labute approximate surface area is 102 Å². The van der Waals surface area contributed by atoms with Gasteiger partial charge in [-0.25, -0.2) is 0 Å². The monoisotopic (exact) mass is 227 g/mol. The predicted molar refractivity (Wildman–Crippen MR) is 70.0 cm³/mol. The summed E-state index contributed by atoms with van der Waals surface area (Å²) in [6, 6.07) is 7.62. The van der Waals surface area contributed by atoms with Gasteiger partial charge in [0.25, 0.3) is 5.91 Å². The summed E-state index contributed by atoms with van der Waals surface area (Å²) in [4.78, 5) is 11.8. The molecule has 0 saturated heterocycles. The number of hydrogen-bond acceptors (Lipinski definition) is 1. The lowest BCUT2D eigenvalue weighted by molar-refractivity contribution is 0.0957. The lowest BCUT2D eigenvalue weighted by atomic mass is 10.1. The van der Waals surface area contributed by atoms with Crippen LogP contribution >= 0.6 is 0 Å². The van der Waals surface area contributed by atoms with Crippen LogP contribution in [0.1, 0.15) is 28.8 Å². The van der Waals surface area contributed by atoms with Crippen molar-refractivity contribution in [1.82, 2.24) is 5.32 Å². The van der Waals surface area contributed by atoms with Gasteiger partial charge in [-0.05, 0) is 37.5 Å². The summed E-state index contributed by atoms with van der Waals surface area (Å²) < 4.78 is 0. The van der Waals surface area contributed by atoms with Gasteiger partial charge in [-0.1, -0.05) is 35.9 Å². The van der Waals surface area contributed by atoms with E-state index in [0.717, 1.165) is 18.4 Å². The first-order valence-electron chi connectivity index (χ1n) is 5.96. The van der Waals surface area contributed by atoms with Gasteiger partial charge in [0.2, 0.25) is 0 Å². The van der Waals surface area contributed by atoms with E-state index in [1.54, 1.807) is 0 Å². The minimum atomic E-state index is -0.00938. The first-order chi connectivity index (χ1) is 8.25. The van der Waals surface area contributed by atoms with Crippen LogP contribution in [0.2, 0.25) is 0 Å². The van der Waals surface area contributed by atoms with Gasteiger partial charge < -0.3 is 5.32 Å². The molecule has 0 heterocycles. The van der Waals surface area contributed by atoms with Crippen molar-refractivity contribution in [2.75, 3.05) is 6.54 Å². The number of allylic oxidation sites excluding steroid dienone is 2. The fourth-order valence-electron chi connectivity index (χ4n) is 1.79. The maximum Gasteiger partial charge on any atom is 0.251 e. The molecule has 0 bridgehead atoms. The highest BCUT2D eigenvalue weighted by molar-refractivity contribution is 5.94. The standard InChI is InChI=1S/C15H17NO/c1-12-7-9-14(10-8-12)15(17)16-11-13-5-3-2-4-6-13/h3,5-10H,2,4,11H2,1H3,(H,16,17). The first kappa shape index (κ1) is 11.6. The second-order valence-electron chi connectivity index (χ2n) is 4.31. The largest absolute Gasteiger partial charge is 0.348 e. The molecule has 0 atom stereocenters. The van der Waals surface area contributed by atoms with Crippen molar-refractivity contribution in [3.63, 3.8) is 0 Å². The number of nitrogens with one attached hydrogen (secondary N) is 1. The molecule has 2 heteroatoms. The number of aryl methyl sites for hydroxylation is 1. The third-order valence-electron chi connectivity index (χ3n) is 2.84. The Morgan fingerprint density at radius 3 is 2.65 bits per heavy atom. The van der Waals surface area contributed by atoms with Crippen LogP contribution < -0.4 is 5.32 Å². The Kier molecular flexibility index (Phi) is 3.76. The lowest BCUT2D eigenvalue weighted by Gasteiger charge is -2.09. The van der Waals surface area contributed by atoms with Crippen molar-refractivity contribution < 1.29 is 4.79 Å². The van der Waals surface area contributed by atoms with Crippen molar-refractivity contribution in [2.24, 2.45) is 0 Å². The Hall–Kier alpha value is -1.83. The second kappa shape index (κ2) is 5.48. The van der Waals surface area contributed by atoms with Crippen LogP contribution in [0, 0.1) is 6.92 Å². The SMILES string of the molecule is Cc1ccc(C(=O)NCC2=CCCC=C2)cc1. The molecule has 0 radical (unpaired) electrons. The molecule has 1 aromatic rings. The predicted octanol–water partition coefficient (Wildman–Crippen LogP) is 3.00. The van der Waals surface area contributed by atoms with E-state index in [-0.39, 0.29) is 5.91 Å². The van der Waals surface area contributed by atoms with Crippen molar-refractivity contribution in [2.45, 2.75) is 19.8 Å². The maximum absolute atomic E-state index is 11.8. The van der Waals surface area contributed by atoms with Gasteiger partial charge in [-0.3, -0.25) is 4.79 Å². The molecule has 0 fully saturated rings. The molecule has 1 aliphatic rings. The zero-order valence-corrected chi connectivity index (χ0v) is 10.1. The van der Waals surface area contributed by atoms with E-state index in [0.29, 0.717) is 6.54 Å². The van der Waals surface area contributed by atoms with Gasteiger partial charge in [-0.2, -0.15) is 0 Å². The number of carbonyl (C=O) groups is 1. The highest BCUT2D eigenvalue weighted by atomic mass is 16.1. The quantitative estimate of drug-likeness (QED) is 0.845. The molecule has 1 aromatic carbocycles. The van der Waals surface area contributed by atoms with Gasteiger partial charge in [0.05, 0.1) is 0 Å². The minimum Gasteiger partial charge on any atom is -0.348 e. The molecule has 0 unspecified atom stereocenters. The number of carbonyl (C=O) groups excluding carboxylic acids is 1. The molecule has 17 heavy (non-hydrogen) atoms. The fourth-order valence-corrected chi connectivity index (χ4v) is 1.79. The second-order valence-corrected chi connectivity index (χ2v) is 4.31. The molecular formula is C15H17NO. The van der Waals surface area contributed by atoms with E-state index in [4.69, 9.17) is 0 Å². The summed E-state index contributed by atoms with van der Waals surface area (Å²) in [6.07, 6.45) is 8.59. The van der Waals surface area contributed by atoms with E-state index in [1.165, 1.54) is 11.1 Å². The van der Waals surface area contributed by atoms with Crippen LogP contribution in [0.25, 0.3) is 0 Å². The zero-order valence-electron chi connectivity index (χ0n) is 10.1. The minimum absolute atomic E-state index is 0.00938. The normalized spacial score (nSPS) is 14.3. The van der Waals surface area contributed by atoms with Crippen LogP contribution in [-0.4, -0.2) is 12.5 Å². The Balaban J connectivity index is 1.91. The highest BCUT2D eigenvalue weighted by Crippen LogP contribution is 2.09. The maximum atomic E-state index is 11.8. The molecule has 88 valence electrons. The Bertz CT molecular complexity index is 454. The fraction of sp³-hybridized carbons (Fsp3) is 0.267. The van der Waals surface area contributed by atoms with E-state index in [1.807, 2.05) is 31.2 Å². The Morgan fingerprint density at radius 1 is 1.24 bits per heavy atom. The highest BCUT2D eigenvalue weighted by Gasteiger charge is 2.05. The molecule has 2 nitrogen and oxygen atoms in total. The van der Waals surface area contributed by atoms with Gasteiger partial charge in [0, 0.05) is 12.1 Å². The molecule has 0 saturated carbocycles. The van der Waals surface area contributed by atoms with E-state index in [9.17, 15) is 4.79 Å². The summed E-state index contributed by atoms with van der Waals surface area (Å²) in [5.41, 5.74) is 3.08. The average molecular weight is 227 g/mol. The topological polar surface area (TPSA) is 29.1 Å². The molecule has 1 amide bonds. The molecule has 1 N–H and O–H groups in total. The number of amides is 1. The van der Waals surface area contributed by atoms with Gasteiger partial charge in [0.15, 0.2) is 0 Å². The van der Waals surface area contributed by atoms with E-state index in [2.05, 4.69) is 23.5 Å². The summed E-state index contributed by atoms with van der Waals surface area (Å²) in [7, 11) is 0. The third-order valence-corrected chi connectivity index (χ3v) is 2.84. The molecule has 2 rings (SSSR count). The van der Waals surface area contributed by atoms with Crippen LogP contribution in [-0.2, 0) is 0 Å². The summed E-state index contributed by atoms with van der Waals surface area (Å²) in [6.45, 7) is 2.63. The third kappa shape index (κ3) is 3.31. The van der Waals surface area contributed by atoms with E-state index < -0.39 is 0 Å². The average Bonchev–Trinajstić information content (AvgIpc) is 2.38. The number of benzene rings is 1. The summed E-state index contributed by atoms with van der Waals surface area (Å²) in [5, 5.41) is 2.93. The van der Waals surface area contributed by atoms with Crippen molar-refractivity contribution in [1.29, 1.82) is 0 Å². The lowest BCUT2D eigenvalue weighted by Crippen LogP contribution is -2.25. The summed E-state index contributed by atoms with van der Waals surface area (Å²) in [5.74, 6) is -0.00938. The van der Waals surface area contributed by atoms with Crippen LogP contribution in [0.15, 0.2) is 48.1 Å². The number of rotatable bonds is 3. The Morgan fingerprint density at radius 2 is 2.00 bits per heavy atom. The molecule has 0 aliphatic heterocycles. The van der Waals surface area contributed by atoms with Crippen molar-refractivity contribution in [3.05, 3.63) is 59.2 Å². The van der Waals surface area contributed by atoms with E-state index >= 15 is 0 Å². The first-order valence-corrected chi connectivity index (χ1v) is 5.96. The zero-order chi connectivity index (χ0) is 12.1. The molecular weight excluding hydrogens is 210 g/mol.